The minimum absolute atomic E-state index is 1.05. The van der Waals surface area contributed by atoms with Crippen LogP contribution in [-0.4, -0.2) is 0 Å². The normalized spacial score (nSPS) is 10.7. The predicted octanol–water partition coefficient (Wildman–Crippen LogP) is 5.04. The van der Waals surface area contributed by atoms with Crippen molar-refractivity contribution in [1.29, 1.82) is 0 Å². The smallest absolute Gasteiger partial charge is 0.0582 e. The first-order valence-electron chi connectivity index (χ1n) is 6.26. The number of thioether (sulfide) groups is 1. The molecule has 1 heteroatoms. The second-order valence-corrected chi connectivity index (χ2v) is 5.22. The minimum Gasteiger partial charge on any atom is -0.0809 e. The van der Waals surface area contributed by atoms with E-state index in [1.165, 1.54) is 10.5 Å². The third kappa shape index (κ3) is 4.05. The number of allylic oxidation sites excluding steroid dienone is 2. The summed E-state index contributed by atoms with van der Waals surface area (Å²) in [5.74, 6) is 6.43. The van der Waals surface area contributed by atoms with E-state index in [-0.39, 0.29) is 0 Å². The second-order valence-electron chi connectivity index (χ2n) is 4.14. The van der Waals surface area contributed by atoms with Crippen molar-refractivity contribution in [2.45, 2.75) is 18.7 Å². The summed E-state index contributed by atoms with van der Waals surface area (Å²) in [5, 5.41) is 0. The fourth-order valence-corrected chi connectivity index (χ4v) is 2.43. The van der Waals surface area contributed by atoms with Crippen LogP contribution in [0.1, 0.15) is 18.1 Å². The highest BCUT2D eigenvalue weighted by atomic mass is 32.2. The van der Waals surface area contributed by atoms with Crippen molar-refractivity contribution in [2.24, 2.45) is 0 Å². The van der Waals surface area contributed by atoms with E-state index in [1.54, 1.807) is 11.8 Å². The highest BCUT2D eigenvalue weighted by Gasteiger charge is 1.99. The van der Waals surface area contributed by atoms with Gasteiger partial charge in [-0.15, -0.1) is 0 Å². The zero-order chi connectivity index (χ0) is 13.5. The Morgan fingerprint density at radius 2 is 1.68 bits per heavy atom. The largest absolute Gasteiger partial charge is 0.0809 e. The quantitative estimate of drug-likeness (QED) is 0.540. The molecule has 0 unspecified atom stereocenters. The van der Waals surface area contributed by atoms with Crippen LogP contribution in [0, 0.1) is 18.8 Å². The van der Waals surface area contributed by atoms with Gasteiger partial charge in [0.25, 0.3) is 0 Å². The maximum atomic E-state index is 3.24. The van der Waals surface area contributed by atoms with Gasteiger partial charge in [-0.2, -0.15) is 0 Å². The maximum absolute atomic E-state index is 3.24. The van der Waals surface area contributed by atoms with E-state index >= 15 is 0 Å². The molecule has 0 aliphatic carbocycles. The molecule has 2 rings (SSSR count). The van der Waals surface area contributed by atoms with Gasteiger partial charge in [-0.1, -0.05) is 66.1 Å². The van der Waals surface area contributed by atoms with E-state index in [0.717, 1.165) is 10.5 Å². The van der Waals surface area contributed by atoms with Crippen LogP contribution in [-0.2, 0) is 0 Å². The molecule has 0 radical (unpaired) electrons. The molecular weight excluding hydrogens is 248 g/mol. The fourth-order valence-electron chi connectivity index (χ4n) is 1.60. The number of aryl methyl sites for hydroxylation is 1. The van der Waals surface area contributed by atoms with Crippen LogP contribution in [0.3, 0.4) is 0 Å². The van der Waals surface area contributed by atoms with Crippen molar-refractivity contribution in [3.8, 4) is 11.8 Å². The Bertz CT molecular complexity index is 627. The number of rotatable bonds is 2. The van der Waals surface area contributed by atoms with E-state index in [1.807, 2.05) is 37.3 Å². The lowest BCUT2D eigenvalue weighted by molar-refractivity contribution is 1.31. The first kappa shape index (κ1) is 13.5. The van der Waals surface area contributed by atoms with Gasteiger partial charge in [0, 0.05) is 10.5 Å². The molecule has 0 amide bonds. The van der Waals surface area contributed by atoms with Crippen molar-refractivity contribution >= 4 is 11.8 Å². The Balaban J connectivity index is 2.15. The van der Waals surface area contributed by atoms with Gasteiger partial charge in [-0.3, -0.25) is 0 Å². The van der Waals surface area contributed by atoms with Crippen LogP contribution < -0.4 is 0 Å². The third-order valence-corrected chi connectivity index (χ3v) is 3.92. The van der Waals surface area contributed by atoms with Gasteiger partial charge in [0.05, 0.1) is 4.91 Å². The lowest BCUT2D eigenvalue weighted by Gasteiger charge is -2.03. The third-order valence-electron chi connectivity index (χ3n) is 2.68. The number of hydrogen-bond donors (Lipinski definition) is 0. The van der Waals surface area contributed by atoms with Crippen LogP contribution in [0.2, 0.25) is 0 Å². The molecule has 94 valence electrons. The van der Waals surface area contributed by atoms with Crippen LogP contribution in [0.15, 0.2) is 70.5 Å². The first-order valence-corrected chi connectivity index (χ1v) is 7.08. The van der Waals surface area contributed by atoms with Gasteiger partial charge >= 0.3 is 0 Å². The molecule has 0 heterocycles. The second kappa shape index (κ2) is 6.87. The average molecular weight is 264 g/mol. The Morgan fingerprint density at radius 1 is 1.00 bits per heavy atom. The van der Waals surface area contributed by atoms with E-state index < -0.39 is 0 Å². The SMILES string of the molecule is C/C=C(/C#Cc1ccccc1)Sc1ccccc1C. The summed E-state index contributed by atoms with van der Waals surface area (Å²) < 4.78 is 0. The molecule has 0 saturated heterocycles. The summed E-state index contributed by atoms with van der Waals surface area (Å²) in [4.78, 5) is 2.34. The molecule has 0 aromatic heterocycles. The summed E-state index contributed by atoms with van der Waals surface area (Å²) in [6.45, 7) is 4.15. The van der Waals surface area contributed by atoms with Crippen molar-refractivity contribution in [3.63, 3.8) is 0 Å². The van der Waals surface area contributed by atoms with Gasteiger partial charge in [0.15, 0.2) is 0 Å². The average Bonchev–Trinajstić information content (AvgIpc) is 2.46. The summed E-state index contributed by atoms with van der Waals surface area (Å²) >= 11 is 1.72. The van der Waals surface area contributed by atoms with E-state index in [0.29, 0.717) is 0 Å². The van der Waals surface area contributed by atoms with Crippen LogP contribution in [0.4, 0.5) is 0 Å². The van der Waals surface area contributed by atoms with E-state index in [2.05, 4.69) is 49.1 Å². The molecular formula is C18H16S. The van der Waals surface area contributed by atoms with Crippen molar-refractivity contribution in [2.75, 3.05) is 0 Å². The zero-order valence-electron chi connectivity index (χ0n) is 11.2. The number of hydrogen-bond acceptors (Lipinski definition) is 1. The Hall–Kier alpha value is -1.91. The van der Waals surface area contributed by atoms with Gasteiger partial charge in [0.1, 0.15) is 0 Å². The van der Waals surface area contributed by atoms with Crippen LogP contribution in [0.25, 0.3) is 0 Å². The minimum atomic E-state index is 1.05. The predicted molar refractivity (Wildman–Crippen MR) is 84.1 cm³/mol. The van der Waals surface area contributed by atoms with Gasteiger partial charge in [-0.25, -0.2) is 0 Å². The Morgan fingerprint density at radius 3 is 2.37 bits per heavy atom. The molecule has 0 aliphatic heterocycles. The first-order chi connectivity index (χ1) is 9.29. The summed E-state index contributed by atoms with van der Waals surface area (Å²) in [6.07, 6.45) is 2.06. The molecule has 19 heavy (non-hydrogen) atoms. The van der Waals surface area contributed by atoms with Crippen LogP contribution >= 0.6 is 11.8 Å². The van der Waals surface area contributed by atoms with E-state index in [4.69, 9.17) is 0 Å². The van der Waals surface area contributed by atoms with Gasteiger partial charge in [-0.05, 0) is 37.6 Å². The molecule has 2 aromatic carbocycles. The highest BCUT2D eigenvalue weighted by Crippen LogP contribution is 2.28. The van der Waals surface area contributed by atoms with Crippen molar-refractivity contribution in [3.05, 3.63) is 76.7 Å². The van der Waals surface area contributed by atoms with Gasteiger partial charge in [0.2, 0.25) is 0 Å². The molecule has 0 fully saturated rings. The Kier molecular flexibility index (Phi) is 4.89. The molecule has 0 N–H and O–H groups in total. The lowest BCUT2D eigenvalue weighted by atomic mass is 10.2. The summed E-state index contributed by atoms with van der Waals surface area (Å²) in [5.41, 5.74) is 2.33. The molecule has 2 aromatic rings. The zero-order valence-corrected chi connectivity index (χ0v) is 12.0. The molecule has 0 nitrogen and oxygen atoms in total. The monoisotopic (exact) mass is 264 g/mol. The lowest BCUT2D eigenvalue weighted by Crippen LogP contribution is -1.79. The fraction of sp³-hybridized carbons (Fsp3) is 0.111. The van der Waals surface area contributed by atoms with E-state index in [9.17, 15) is 0 Å². The topological polar surface area (TPSA) is 0 Å². The van der Waals surface area contributed by atoms with Crippen molar-refractivity contribution < 1.29 is 0 Å². The molecule has 0 aliphatic rings. The summed E-state index contributed by atoms with van der Waals surface area (Å²) in [7, 11) is 0. The Labute approximate surface area is 119 Å². The summed E-state index contributed by atoms with van der Waals surface area (Å²) in [6, 6.07) is 18.5. The molecule has 0 atom stereocenters. The maximum Gasteiger partial charge on any atom is 0.0582 e. The van der Waals surface area contributed by atoms with Crippen LogP contribution in [0.5, 0.6) is 0 Å². The van der Waals surface area contributed by atoms with Crippen molar-refractivity contribution in [1.82, 2.24) is 0 Å². The molecule has 0 spiro atoms. The molecule has 0 saturated carbocycles. The van der Waals surface area contributed by atoms with Gasteiger partial charge < -0.3 is 0 Å². The highest BCUT2D eigenvalue weighted by molar-refractivity contribution is 8.03. The molecule has 0 bridgehead atoms. The standard InChI is InChI=1S/C18H16S/c1-3-17(14-13-16-10-5-4-6-11-16)19-18-12-8-7-9-15(18)2/h3-12H,1-2H3/b17-3-. The number of benzene rings is 2.